The quantitative estimate of drug-likeness (QED) is 0.789. The average Bonchev–Trinajstić information content (AvgIpc) is 2.27. The highest BCUT2D eigenvalue weighted by molar-refractivity contribution is 7.98. The lowest BCUT2D eigenvalue weighted by Gasteiger charge is -2.16. The SMILES string of the molecule is COc1cc(C)c(SC)cc1C(N)CC(=O)O. The second kappa shape index (κ2) is 5.93. The van der Waals surface area contributed by atoms with Crippen molar-refractivity contribution in [2.24, 2.45) is 5.73 Å². The number of thioether (sulfide) groups is 1. The van der Waals surface area contributed by atoms with E-state index in [1.807, 2.05) is 25.3 Å². The van der Waals surface area contributed by atoms with Crippen LogP contribution in [0.1, 0.15) is 23.6 Å². The zero-order chi connectivity index (χ0) is 13.0. The lowest BCUT2D eigenvalue weighted by atomic mass is 10.0. The van der Waals surface area contributed by atoms with Crippen LogP contribution < -0.4 is 10.5 Å². The van der Waals surface area contributed by atoms with E-state index in [0.717, 1.165) is 16.0 Å². The Kier molecular flexibility index (Phi) is 4.84. The molecular weight excluding hydrogens is 238 g/mol. The van der Waals surface area contributed by atoms with Crippen LogP contribution in [0, 0.1) is 6.92 Å². The molecule has 0 saturated carbocycles. The Morgan fingerprint density at radius 3 is 2.71 bits per heavy atom. The van der Waals surface area contributed by atoms with E-state index in [1.54, 1.807) is 18.9 Å². The maximum Gasteiger partial charge on any atom is 0.305 e. The number of ether oxygens (including phenoxy) is 1. The van der Waals surface area contributed by atoms with Crippen molar-refractivity contribution in [2.45, 2.75) is 24.3 Å². The van der Waals surface area contributed by atoms with E-state index in [0.29, 0.717) is 5.75 Å². The molecule has 0 fully saturated rings. The number of aliphatic carboxylic acids is 1. The molecule has 1 rings (SSSR count). The van der Waals surface area contributed by atoms with Crippen LogP contribution in [0.4, 0.5) is 0 Å². The van der Waals surface area contributed by atoms with Crippen molar-refractivity contribution in [2.75, 3.05) is 13.4 Å². The van der Waals surface area contributed by atoms with Crippen molar-refractivity contribution in [1.29, 1.82) is 0 Å². The number of rotatable bonds is 5. The minimum atomic E-state index is -0.911. The summed E-state index contributed by atoms with van der Waals surface area (Å²) in [6, 6.07) is 3.25. The fraction of sp³-hybridized carbons (Fsp3) is 0.417. The predicted molar refractivity (Wildman–Crippen MR) is 68.7 cm³/mol. The Morgan fingerprint density at radius 1 is 1.59 bits per heavy atom. The molecule has 0 amide bonds. The summed E-state index contributed by atoms with van der Waals surface area (Å²) in [6.07, 6.45) is 1.87. The first-order valence-electron chi connectivity index (χ1n) is 5.19. The minimum absolute atomic E-state index is 0.104. The van der Waals surface area contributed by atoms with Crippen molar-refractivity contribution in [1.82, 2.24) is 0 Å². The van der Waals surface area contributed by atoms with Gasteiger partial charge in [-0.25, -0.2) is 0 Å². The molecule has 0 aliphatic carbocycles. The molecular formula is C12H17NO3S. The van der Waals surface area contributed by atoms with Crippen LogP contribution in [0.3, 0.4) is 0 Å². The number of carboxylic acids is 1. The monoisotopic (exact) mass is 255 g/mol. The molecule has 5 heteroatoms. The first-order chi connectivity index (χ1) is 7.99. The highest BCUT2D eigenvalue weighted by Gasteiger charge is 2.17. The van der Waals surface area contributed by atoms with E-state index >= 15 is 0 Å². The van der Waals surface area contributed by atoms with E-state index in [-0.39, 0.29) is 6.42 Å². The lowest BCUT2D eigenvalue weighted by molar-refractivity contribution is -0.137. The summed E-state index contributed by atoms with van der Waals surface area (Å²) in [5.41, 5.74) is 7.71. The van der Waals surface area contributed by atoms with Crippen LogP contribution in [0.15, 0.2) is 17.0 Å². The van der Waals surface area contributed by atoms with E-state index in [1.165, 1.54) is 0 Å². The summed E-state index contributed by atoms with van der Waals surface area (Å²) in [7, 11) is 1.56. The highest BCUT2D eigenvalue weighted by Crippen LogP contribution is 2.32. The third kappa shape index (κ3) is 3.38. The van der Waals surface area contributed by atoms with Crippen molar-refractivity contribution in [3.8, 4) is 5.75 Å². The van der Waals surface area contributed by atoms with E-state index in [2.05, 4.69) is 0 Å². The second-order valence-corrected chi connectivity index (χ2v) is 4.62. The number of benzene rings is 1. The molecule has 0 aromatic heterocycles. The van der Waals surface area contributed by atoms with Crippen molar-refractivity contribution >= 4 is 17.7 Å². The Hall–Kier alpha value is -1.20. The molecule has 94 valence electrons. The summed E-state index contributed by atoms with van der Waals surface area (Å²) in [5.74, 6) is -0.264. The molecule has 1 atom stereocenters. The molecule has 3 N–H and O–H groups in total. The molecule has 0 radical (unpaired) electrons. The fourth-order valence-corrected chi connectivity index (χ4v) is 2.29. The average molecular weight is 255 g/mol. The molecule has 0 heterocycles. The molecule has 17 heavy (non-hydrogen) atoms. The zero-order valence-electron chi connectivity index (χ0n) is 10.2. The van der Waals surface area contributed by atoms with Crippen LogP contribution in [-0.4, -0.2) is 24.4 Å². The molecule has 1 aromatic rings. The fourth-order valence-electron chi connectivity index (χ4n) is 1.66. The van der Waals surface area contributed by atoms with Gasteiger partial charge in [0.1, 0.15) is 5.75 Å². The third-order valence-corrected chi connectivity index (χ3v) is 3.42. The maximum absolute atomic E-state index is 10.7. The molecule has 4 nitrogen and oxygen atoms in total. The molecule has 1 unspecified atom stereocenters. The normalized spacial score (nSPS) is 12.2. The van der Waals surface area contributed by atoms with Gasteiger partial charge in [-0.15, -0.1) is 11.8 Å². The van der Waals surface area contributed by atoms with E-state index in [9.17, 15) is 4.79 Å². The zero-order valence-corrected chi connectivity index (χ0v) is 11.0. The highest BCUT2D eigenvalue weighted by atomic mass is 32.2. The molecule has 1 aromatic carbocycles. The van der Waals surface area contributed by atoms with Gasteiger partial charge in [0.2, 0.25) is 0 Å². The van der Waals surface area contributed by atoms with Gasteiger partial charge in [0.05, 0.1) is 13.5 Å². The third-order valence-electron chi connectivity index (χ3n) is 2.54. The largest absolute Gasteiger partial charge is 0.496 e. The van der Waals surface area contributed by atoms with Crippen LogP contribution in [0.2, 0.25) is 0 Å². The van der Waals surface area contributed by atoms with Gasteiger partial charge in [-0.2, -0.15) is 0 Å². The smallest absolute Gasteiger partial charge is 0.305 e. The molecule has 0 spiro atoms. The van der Waals surface area contributed by atoms with Crippen LogP contribution >= 0.6 is 11.8 Å². The topological polar surface area (TPSA) is 72.5 Å². The van der Waals surface area contributed by atoms with Crippen LogP contribution in [-0.2, 0) is 4.79 Å². The van der Waals surface area contributed by atoms with Crippen LogP contribution in [0.5, 0.6) is 5.75 Å². The summed E-state index contributed by atoms with van der Waals surface area (Å²) in [6.45, 7) is 1.99. The van der Waals surface area contributed by atoms with Crippen molar-refractivity contribution in [3.05, 3.63) is 23.3 Å². The Morgan fingerprint density at radius 2 is 2.24 bits per heavy atom. The first kappa shape index (κ1) is 13.9. The van der Waals surface area contributed by atoms with Gasteiger partial charge in [-0.05, 0) is 30.9 Å². The number of hydrogen-bond donors (Lipinski definition) is 2. The summed E-state index contributed by atoms with van der Waals surface area (Å²) in [5, 5.41) is 8.76. The number of carbonyl (C=O) groups is 1. The van der Waals surface area contributed by atoms with E-state index < -0.39 is 12.0 Å². The molecule has 0 saturated heterocycles. The van der Waals surface area contributed by atoms with E-state index in [4.69, 9.17) is 15.6 Å². The van der Waals surface area contributed by atoms with Gasteiger partial charge < -0.3 is 15.6 Å². The Balaban J connectivity index is 3.15. The standard InChI is InChI=1S/C12H17NO3S/c1-7-4-10(16-2)8(5-11(7)17-3)9(13)6-12(14)15/h4-5,9H,6,13H2,1-3H3,(H,14,15). The van der Waals surface area contributed by atoms with Gasteiger partial charge in [0.25, 0.3) is 0 Å². The van der Waals surface area contributed by atoms with Gasteiger partial charge in [0.15, 0.2) is 0 Å². The number of nitrogens with two attached hydrogens (primary N) is 1. The van der Waals surface area contributed by atoms with Gasteiger partial charge in [0, 0.05) is 16.5 Å². The van der Waals surface area contributed by atoms with Crippen LogP contribution in [0.25, 0.3) is 0 Å². The molecule has 0 aliphatic rings. The predicted octanol–water partition coefficient (Wildman–Crippen LogP) is 2.20. The first-order valence-corrected chi connectivity index (χ1v) is 6.42. The Labute approximate surface area is 105 Å². The maximum atomic E-state index is 10.7. The summed E-state index contributed by atoms with van der Waals surface area (Å²) >= 11 is 1.61. The lowest BCUT2D eigenvalue weighted by Crippen LogP contribution is -2.16. The van der Waals surface area contributed by atoms with Crippen molar-refractivity contribution in [3.63, 3.8) is 0 Å². The second-order valence-electron chi connectivity index (χ2n) is 3.77. The Bertz CT molecular complexity index is 420. The van der Waals surface area contributed by atoms with Gasteiger partial charge in [-0.1, -0.05) is 0 Å². The summed E-state index contributed by atoms with van der Waals surface area (Å²) < 4.78 is 5.25. The van der Waals surface area contributed by atoms with Gasteiger partial charge in [-0.3, -0.25) is 4.79 Å². The number of aryl methyl sites for hydroxylation is 1. The number of methoxy groups -OCH3 is 1. The minimum Gasteiger partial charge on any atom is -0.496 e. The van der Waals surface area contributed by atoms with Gasteiger partial charge >= 0.3 is 5.97 Å². The summed E-state index contributed by atoms with van der Waals surface area (Å²) in [4.78, 5) is 11.8. The molecule has 0 bridgehead atoms. The molecule has 0 aliphatic heterocycles. The van der Waals surface area contributed by atoms with Crippen molar-refractivity contribution < 1.29 is 14.6 Å². The number of hydrogen-bond acceptors (Lipinski definition) is 4. The number of carboxylic acid groups (broad SMARTS) is 1.